The van der Waals surface area contributed by atoms with Crippen LogP contribution in [0.1, 0.15) is 38.2 Å². The van der Waals surface area contributed by atoms with Gasteiger partial charge in [0.25, 0.3) is 0 Å². The molecule has 0 atom stereocenters. The van der Waals surface area contributed by atoms with Crippen molar-refractivity contribution in [2.75, 3.05) is 16.3 Å². The third-order valence-corrected chi connectivity index (χ3v) is 5.60. The van der Waals surface area contributed by atoms with Crippen molar-refractivity contribution in [3.05, 3.63) is 66.8 Å². The fourth-order valence-corrected chi connectivity index (χ4v) is 4.16. The summed E-state index contributed by atoms with van der Waals surface area (Å²) in [6.07, 6.45) is 5.04. The number of nitrogens with zero attached hydrogens (tertiary/aromatic N) is 2. The van der Waals surface area contributed by atoms with Crippen LogP contribution in [0.2, 0.25) is 0 Å². The van der Waals surface area contributed by atoms with Gasteiger partial charge in [0.2, 0.25) is 0 Å². The number of nitrogens with one attached hydrogen (secondary N) is 1. The average Bonchev–Trinajstić information content (AvgIpc) is 3.06. The Morgan fingerprint density at radius 2 is 1.56 bits per heavy atom. The van der Waals surface area contributed by atoms with Crippen LogP contribution < -0.4 is 15.1 Å². The van der Waals surface area contributed by atoms with E-state index in [1.807, 2.05) is 0 Å². The Morgan fingerprint density at radius 3 is 2.28 bits per heavy atom. The van der Waals surface area contributed by atoms with Gasteiger partial charge in [0.05, 0.1) is 11.4 Å². The molecule has 1 aliphatic heterocycles. The van der Waals surface area contributed by atoms with E-state index in [2.05, 4.69) is 83.3 Å². The summed E-state index contributed by atoms with van der Waals surface area (Å²) in [6.45, 7) is 6.56. The molecule has 1 N–H and O–H groups in total. The molecule has 0 aromatic heterocycles. The molecule has 0 bridgehead atoms. The van der Waals surface area contributed by atoms with Gasteiger partial charge in [-0.25, -0.2) is 0 Å². The summed E-state index contributed by atoms with van der Waals surface area (Å²) in [6, 6.07) is 20.8. The van der Waals surface area contributed by atoms with E-state index < -0.39 is 0 Å². The number of hydrogen-bond donors (Lipinski definition) is 1. The van der Waals surface area contributed by atoms with Crippen molar-refractivity contribution in [3.63, 3.8) is 0 Å². The van der Waals surface area contributed by atoms with Crippen LogP contribution in [0.15, 0.2) is 54.6 Å². The topological polar surface area (TPSA) is 18.5 Å². The molecule has 1 aliphatic carbocycles. The average molecular weight is 334 g/mol. The van der Waals surface area contributed by atoms with Gasteiger partial charge >= 0.3 is 0 Å². The van der Waals surface area contributed by atoms with Gasteiger partial charge in [-0.15, -0.1) is 0 Å². The summed E-state index contributed by atoms with van der Waals surface area (Å²) in [5, 5.41) is 3.75. The Balaban J connectivity index is 1.33. The maximum Gasteiger partial charge on any atom is 0.142 e. The highest BCUT2D eigenvalue weighted by Crippen LogP contribution is 2.41. The normalized spacial score (nSPS) is 22.9. The van der Waals surface area contributed by atoms with Crippen molar-refractivity contribution in [2.24, 2.45) is 0 Å². The van der Waals surface area contributed by atoms with Gasteiger partial charge in [-0.1, -0.05) is 42.5 Å². The molecule has 4 rings (SSSR count). The second kappa shape index (κ2) is 7.49. The van der Waals surface area contributed by atoms with Crippen LogP contribution in [0.4, 0.5) is 11.4 Å². The van der Waals surface area contributed by atoms with Crippen LogP contribution in [-0.2, 0) is 6.54 Å². The maximum atomic E-state index is 3.75. The number of para-hydroxylation sites is 2. The smallest absolute Gasteiger partial charge is 0.142 e. The number of rotatable bonds is 5. The Morgan fingerprint density at radius 1 is 0.880 bits per heavy atom. The highest BCUT2D eigenvalue weighted by molar-refractivity contribution is 5.78. The van der Waals surface area contributed by atoms with Gasteiger partial charge in [0.1, 0.15) is 6.67 Å². The number of anilines is 2. The van der Waals surface area contributed by atoms with Crippen LogP contribution in [0, 0.1) is 6.67 Å². The van der Waals surface area contributed by atoms with E-state index in [-0.39, 0.29) is 0 Å². The largest absolute Gasteiger partial charge is 0.346 e. The minimum atomic E-state index is 0.632. The Kier molecular flexibility index (Phi) is 4.93. The van der Waals surface area contributed by atoms with Gasteiger partial charge in [-0.05, 0) is 50.3 Å². The van der Waals surface area contributed by atoms with E-state index in [0.29, 0.717) is 12.1 Å². The first-order valence-corrected chi connectivity index (χ1v) is 9.61. The summed E-state index contributed by atoms with van der Waals surface area (Å²) < 4.78 is 0. The van der Waals surface area contributed by atoms with Crippen LogP contribution in [-0.4, -0.2) is 18.6 Å². The quantitative estimate of drug-likeness (QED) is 0.865. The fraction of sp³-hybridized carbons (Fsp3) is 0.409. The van der Waals surface area contributed by atoms with Crippen molar-refractivity contribution in [2.45, 2.75) is 51.2 Å². The Labute approximate surface area is 151 Å². The molecule has 25 heavy (non-hydrogen) atoms. The molecule has 0 unspecified atom stereocenters. The summed E-state index contributed by atoms with van der Waals surface area (Å²) in [4.78, 5) is 4.89. The molecule has 0 amide bonds. The summed E-state index contributed by atoms with van der Waals surface area (Å²) in [5.74, 6) is 0. The number of fused-ring (bicyclic) bond motifs is 1. The van der Waals surface area contributed by atoms with E-state index in [1.165, 1.54) is 42.6 Å². The lowest BCUT2D eigenvalue weighted by Gasteiger charge is -2.36. The standard InChI is InChI=1S/C22H28N3/c1-2-24-17-25(22-11-7-6-10-21(22)24)20-14-12-19(13-15-20)23-16-18-8-4-3-5-9-18/h3-11,17,19-20,23H,2,12-16H2,1H3. The van der Waals surface area contributed by atoms with Crippen molar-refractivity contribution in [3.8, 4) is 0 Å². The van der Waals surface area contributed by atoms with Gasteiger partial charge in [-0.3, -0.25) is 0 Å². The molecule has 1 fully saturated rings. The van der Waals surface area contributed by atoms with Crippen molar-refractivity contribution in [1.29, 1.82) is 0 Å². The lowest BCUT2D eigenvalue weighted by molar-refractivity contribution is 0.336. The van der Waals surface area contributed by atoms with E-state index in [4.69, 9.17) is 0 Å². The SMILES string of the molecule is CCN1[CH]N(C2CCC(NCc3ccccc3)CC2)c2ccccc21. The van der Waals surface area contributed by atoms with E-state index >= 15 is 0 Å². The summed E-state index contributed by atoms with van der Waals surface area (Å²) in [5.41, 5.74) is 4.12. The predicted octanol–water partition coefficient (Wildman–Crippen LogP) is 4.55. The molecule has 1 radical (unpaired) electrons. The van der Waals surface area contributed by atoms with Crippen molar-refractivity contribution in [1.82, 2.24) is 5.32 Å². The second-order valence-electron chi connectivity index (χ2n) is 7.17. The Hall–Kier alpha value is -2.00. The lowest BCUT2D eigenvalue weighted by atomic mass is 9.90. The van der Waals surface area contributed by atoms with Crippen LogP contribution in [0.25, 0.3) is 0 Å². The van der Waals surface area contributed by atoms with Gasteiger partial charge < -0.3 is 15.1 Å². The number of hydrogen-bond acceptors (Lipinski definition) is 3. The van der Waals surface area contributed by atoms with Gasteiger partial charge in [-0.2, -0.15) is 0 Å². The van der Waals surface area contributed by atoms with Crippen LogP contribution in [0.5, 0.6) is 0 Å². The molecule has 2 aliphatic rings. The minimum absolute atomic E-state index is 0.632. The minimum Gasteiger partial charge on any atom is -0.346 e. The Bertz CT molecular complexity index is 677. The monoisotopic (exact) mass is 334 g/mol. The molecule has 3 heteroatoms. The van der Waals surface area contributed by atoms with Gasteiger partial charge in [0.15, 0.2) is 0 Å². The van der Waals surface area contributed by atoms with E-state index in [0.717, 1.165) is 13.1 Å². The zero-order chi connectivity index (χ0) is 17.1. The zero-order valence-corrected chi connectivity index (χ0v) is 15.1. The summed E-state index contributed by atoms with van der Waals surface area (Å²) in [7, 11) is 0. The van der Waals surface area contributed by atoms with E-state index in [9.17, 15) is 0 Å². The van der Waals surface area contributed by atoms with Gasteiger partial charge in [0, 0.05) is 25.2 Å². The zero-order valence-electron chi connectivity index (χ0n) is 15.1. The molecule has 2 aromatic carbocycles. The van der Waals surface area contributed by atoms with Crippen molar-refractivity contribution >= 4 is 11.4 Å². The first kappa shape index (κ1) is 16.5. The molecule has 0 spiro atoms. The third-order valence-electron chi connectivity index (χ3n) is 5.60. The molecular formula is C22H28N3. The number of benzene rings is 2. The van der Waals surface area contributed by atoms with Crippen LogP contribution >= 0.6 is 0 Å². The first-order chi connectivity index (χ1) is 12.3. The maximum absolute atomic E-state index is 3.75. The predicted molar refractivity (Wildman–Crippen MR) is 106 cm³/mol. The molecule has 2 aromatic rings. The second-order valence-corrected chi connectivity index (χ2v) is 7.17. The lowest BCUT2D eigenvalue weighted by Crippen LogP contribution is -2.41. The molecule has 131 valence electrons. The summed E-state index contributed by atoms with van der Waals surface area (Å²) >= 11 is 0. The molecule has 0 saturated heterocycles. The van der Waals surface area contributed by atoms with Crippen LogP contribution in [0.3, 0.4) is 0 Å². The first-order valence-electron chi connectivity index (χ1n) is 9.61. The molecule has 1 heterocycles. The third kappa shape index (κ3) is 3.52. The fourth-order valence-electron chi connectivity index (χ4n) is 4.16. The van der Waals surface area contributed by atoms with Crippen molar-refractivity contribution < 1.29 is 0 Å². The molecular weight excluding hydrogens is 306 g/mol. The highest BCUT2D eigenvalue weighted by Gasteiger charge is 2.32. The highest BCUT2D eigenvalue weighted by atomic mass is 15.4. The van der Waals surface area contributed by atoms with E-state index in [1.54, 1.807) is 0 Å². The molecule has 1 saturated carbocycles. The molecule has 3 nitrogen and oxygen atoms in total.